The first kappa shape index (κ1) is 14.7. The quantitative estimate of drug-likeness (QED) is 0.517. The van der Waals surface area contributed by atoms with Crippen LogP contribution in [0.2, 0.25) is 0 Å². The highest BCUT2D eigenvalue weighted by Gasteiger charge is 2.15. The van der Waals surface area contributed by atoms with Crippen LogP contribution in [0.1, 0.15) is 20.8 Å². The van der Waals surface area contributed by atoms with Gasteiger partial charge in [-0.15, -0.1) is 0 Å². The molecule has 0 aromatic rings. The third-order valence-corrected chi connectivity index (χ3v) is 1.33. The van der Waals surface area contributed by atoms with Crippen molar-refractivity contribution in [3.63, 3.8) is 0 Å². The number of nitrogens with one attached hydrogen (secondary N) is 1. The van der Waals surface area contributed by atoms with Crippen LogP contribution in [0.3, 0.4) is 0 Å². The van der Waals surface area contributed by atoms with Crippen LogP contribution >= 0.6 is 0 Å². The molecule has 0 radical (unpaired) electrons. The van der Waals surface area contributed by atoms with Gasteiger partial charge < -0.3 is 19.5 Å². The van der Waals surface area contributed by atoms with Crippen molar-refractivity contribution >= 4 is 12.6 Å². The van der Waals surface area contributed by atoms with Crippen molar-refractivity contribution in [3.8, 4) is 0 Å². The summed E-state index contributed by atoms with van der Waals surface area (Å²) in [5.41, 5.74) is -0.497. The van der Waals surface area contributed by atoms with E-state index in [1.807, 2.05) is 0 Å². The number of alkyl carbamates (subject to hydrolysis) is 1. The molecule has 94 valence electrons. The first-order valence-electron chi connectivity index (χ1n) is 5.05. The SMILES string of the molecule is CC(C)(C)OC(=O)NCCOCCOC=O. The summed E-state index contributed by atoms with van der Waals surface area (Å²) in [5.74, 6) is 0. The van der Waals surface area contributed by atoms with Gasteiger partial charge in [0.25, 0.3) is 6.47 Å². The molecular weight excluding hydrogens is 214 g/mol. The summed E-state index contributed by atoms with van der Waals surface area (Å²) in [6, 6.07) is 0. The molecule has 0 aliphatic rings. The molecule has 6 heteroatoms. The smallest absolute Gasteiger partial charge is 0.407 e. The second-order valence-electron chi connectivity index (χ2n) is 4.01. The van der Waals surface area contributed by atoms with E-state index in [0.29, 0.717) is 26.2 Å². The largest absolute Gasteiger partial charge is 0.465 e. The highest BCUT2D eigenvalue weighted by atomic mass is 16.6. The van der Waals surface area contributed by atoms with Crippen LogP contribution in [0.15, 0.2) is 0 Å². The minimum absolute atomic E-state index is 0.218. The summed E-state index contributed by atoms with van der Waals surface area (Å²) < 4.78 is 14.5. The molecular formula is C10H19NO5. The van der Waals surface area contributed by atoms with E-state index in [4.69, 9.17) is 9.47 Å². The molecule has 0 aromatic heterocycles. The zero-order chi connectivity index (χ0) is 12.4. The number of carbonyl (C=O) groups is 2. The molecule has 0 spiro atoms. The summed E-state index contributed by atoms with van der Waals surface area (Å²) in [6.07, 6.45) is -0.472. The minimum Gasteiger partial charge on any atom is -0.465 e. The maximum atomic E-state index is 11.1. The molecule has 0 aliphatic carbocycles. The van der Waals surface area contributed by atoms with E-state index in [1.54, 1.807) is 20.8 Å². The van der Waals surface area contributed by atoms with Crippen LogP contribution < -0.4 is 5.32 Å². The van der Waals surface area contributed by atoms with E-state index in [1.165, 1.54) is 0 Å². The Balaban J connectivity index is 3.31. The summed E-state index contributed by atoms with van der Waals surface area (Å²) in [5, 5.41) is 2.53. The molecule has 0 unspecified atom stereocenters. The molecule has 0 aliphatic heterocycles. The lowest BCUT2D eigenvalue weighted by molar-refractivity contribution is -0.130. The van der Waals surface area contributed by atoms with E-state index < -0.39 is 11.7 Å². The maximum absolute atomic E-state index is 11.1. The van der Waals surface area contributed by atoms with Gasteiger partial charge in [0, 0.05) is 6.54 Å². The van der Waals surface area contributed by atoms with Gasteiger partial charge in [-0.2, -0.15) is 0 Å². The molecule has 0 fully saturated rings. The van der Waals surface area contributed by atoms with Crippen LogP contribution in [0, 0.1) is 0 Å². The Morgan fingerprint density at radius 3 is 2.50 bits per heavy atom. The standard InChI is InChI=1S/C10H19NO5/c1-10(2,3)16-9(13)11-4-5-14-6-7-15-8-12/h8H,4-7H2,1-3H3,(H,11,13). The normalized spacial score (nSPS) is 10.7. The Morgan fingerprint density at radius 2 is 1.94 bits per heavy atom. The van der Waals surface area contributed by atoms with Crippen molar-refractivity contribution in [3.05, 3.63) is 0 Å². The third kappa shape index (κ3) is 10.8. The van der Waals surface area contributed by atoms with Crippen LogP contribution in [0.4, 0.5) is 4.79 Å². The fraction of sp³-hybridized carbons (Fsp3) is 0.800. The Labute approximate surface area is 95.2 Å². The topological polar surface area (TPSA) is 73.9 Å². The molecule has 0 bridgehead atoms. The van der Waals surface area contributed by atoms with Gasteiger partial charge in [-0.05, 0) is 20.8 Å². The molecule has 0 saturated carbocycles. The number of hydrogen-bond donors (Lipinski definition) is 1. The number of amides is 1. The average Bonchev–Trinajstić information content (AvgIpc) is 2.13. The van der Waals surface area contributed by atoms with E-state index in [0.717, 1.165) is 0 Å². The molecule has 0 aromatic carbocycles. The lowest BCUT2D eigenvalue weighted by Gasteiger charge is -2.19. The summed E-state index contributed by atoms with van der Waals surface area (Å²) in [4.78, 5) is 20.9. The van der Waals surface area contributed by atoms with E-state index in [-0.39, 0.29) is 6.61 Å². The summed E-state index contributed by atoms with van der Waals surface area (Å²) in [7, 11) is 0. The van der Waals surface area contributed by atoms with Gasteiger partial charge in [0.1, 0.15) is 12.2 Å². The molecule has 16 heavy (non-hydrogen) atoms. The summed E-state index contributed by atoms with van der Waals surface area (Å²) >= 11 is 0. The predicted octanol–water partition coefficient (Wildman–Crippen LogP) is 0.701. The molecule has 0 rings (SSSR count). The van der Waals surface area contributed by atoms with E-state index >= 15 is 0 Å². The van der Waals surface area contributed by atoms with Gasteiger partial charge in [-0.25, -0.2) is 4.79 Å². The van der Waals surface area contributed by atoms with Gasteiger partial charge in [0.05, 0.1) is 13.2 Å². The van der Waals surface area contributed by atoms with Gasteiger partial charge in [0.2, 0.25) is 0 Å². The van der Waals surface area contributed by atoms with Gasteiger partial charge >= 0.3 is 6.09 Å². The van der Waals surface area contributed by atoms with E-state index in [2.05, 4.69) is 10.1 Å². The fourth-order valence-electron chi connectivity index (χ4n) is 0.797. The van der Waals surface area contributed by atoms with Crippen LogP contribution in [-0.4, -0.2) is 44.5 Å². The third-order valence-electron chi connectivity index (χ3n) is 1.33. The zero-order valence-corrected chi connectivity index (χ0v) is 9.95. The Hall–Kier alpha value is -1.30. The van der Waals surface area contributed by atoms with Crippen LogP contribution in [0.5, 0.6) is 0 Å². The minimum atomic E-state index is -0.497. The first-order valence-corrected chi connectivity index (χ1v) is 5.05. The molecule has 0 atom stereocenters. The molecule has 6 nitrogen and oxygen atoms in total. The van der Waals surface area contributed by atoms with Crippen molar-refractivity contribution in [2.75, 3.05) is 26.4 Å². The monoisotopic (exact) mass is 233 g/mol. The van der Waals surface area contributed by atoms with Crippen LogP contribution in [0.25, 0.3) is 0 Å². The van der Waals surface area contributed by atoms with Gasteiger partial charge in [0.15, 0.2) is 0 Å². The Bertz CT molecular complexity index is 212. The molecule has 0 saturated heterocycles. The predicted molar refractivity (Wildman–Crippen MR) is 57.1 cm³/mol. The number of rotatable bonds is 7. The van der Waals surface area contributed by atoms with E-state index in [9.17, 15) is 9.59 Å². The van der Waals surface area contributed by atoms with Gasteiger partial charge in [-0.1, -0.05) is 0 Å². The maximum Gasteiger partial charge on any atom is 0.407 e. The Morgan fingerprint density at radius 1 is 1.25 bits per heavy atom. The van der Waals surface area contributed by atoms with Crippen molar-refractivity contribution in [2.24, 2.45) is 0 Å². The highest BCUT2D eigenvalue weighted by Crippen LogP contribution is 2.05. The number of carbonyl (C=O) groups excluding carboxylic acids is 2. The number of ether oxygens (including phenoxy) is 3. The zero-order valence-electron chi connectivity index (χ0n) is 9.95. The lowest BCUT2D eigenvalue weighted by Crippen LogP contribution is -2.34. The molecule has 1 amide bonds. The van der Waals surface area contributed by atoms with Crippen molar-refractivity contribution in [1.82, 2.24) is 5.32 Å². The Kier molecular flexibility index (Phi) is 7.28. The lowest BCUT2D eigenvalue weighted by atomic mass is 10.2. The summed E-state index contributed by atoms with van der Waals surface area (Å²) in [6.45, 7) is 6.98. The number of hydrogen-bond acceptors (Lipinski definition) is 5. The average molecular weight is 233 g/mol. The molecule has 1 N–H and O–H groups in total. The highest BCUT2D eigenvalue weighted by molar-refractivity contribution is 5.67. The van der Waals surface area contributed by atoms with Crippen molar-refractivity contribution in [1.29, 1.82) is 0 Å². The van der Waals surface area contributed by atoms with Crippen molar-refractivity contribution < 1.29 is 23.8 Å². The second-order valence-corrected chi connectivity index (χ2v) is 4.01. The van der Waals surface area contributed by atoms with Crippen LogP contribution in [-0.2, 0) is 19.0 Å². The molecule has 0 heterocycles. The first-order chi connectivity index (χ1) is 7.45. The fourth-order valence-corrected chi connectivity index (χ4v) is 0.797. The second kappa shape index (κ2) is 7.92. The van der Waals surface area contributed by atoms with Gasteiger partial charge in [-0.3, -0.25) is 4.79 Å². The van der Waals surface area contributed by atoms with Crippen molar-refractivity contribution in [2.45, 2.75) is 26.4 Å².